The topological polar surface area (TPSA) is 54.4 Å². The van der Waals surface area contributed by atoms with E-state index in [0.717, 1.165) is 12.8 Å². The van der Waals surface area contributed by atoms with Gasteiger partial charge in [0.15, 0.2) is 14.5 Å². The first kappa shape index (κ1) is 10.3. The van der Waals surface area contributed by atoms with Gasteiger partial charge in [-0.15, -0.1) is 11.6 Å². The Labute approximate surface area is 77.6 Å². The first-order chi connectivity index (χ1) is 5.49. The molecule has 1 rings (SSSR count). The van der Waals surface area contributed by atoms with Crippen molar-refractivity contribution in [2.24, 2.45) is 5.92 Å². The molecule has 72 valence electrons. The molecule has 1 N–H and O–H groups in total. The van der Waals surface area contributed by atoms with Crippen LogP contribution in [0.4, 0.5) is 0 Å². The summed E-state index contributed by atoms with van der Waals surface area (Å²) in [4.78, 5) is 0. The Bertz CT molecular complexity index is 245. The van der Waals surface area contributed by atoms with Crippen molar-refractivity contribution in [3.05, 3.63) is 0 Å². The van der Waals surface area contributed by atoms with Crippen molar-refractivity contribution in [2.45, 2.75) is 30.6 Å². The Morgan fingerprint density at radius 1 is 1.58 bits per heavy atom. The van der Waals surface area contributed by atoms with E-state index in [4.69, 9.17) is 11.6 Å². The fourth-order valence-electron chi connectivity index (χ4n) is 1.02. The van der Waals surface area contributed by atoms with Gasteiger partial charge in [0.1, 0.15) is 0 Å². The zero-order chi connectivity index (χ0) is 9.35. The summed E-state index contributed by atoms with van der Waals surface area (Å²) in [5.74, 6) is 0.0964. The van der Waals surface area contributed by atoms with Crippen LogP contribution in [0.3, 0.4) is 0 Å². The van der Waals surface area contributed by atoms with E-state index in [2.05, 4.69) is 0 Å². The normalized spacial score (nSPS) is 23.6. The monoisotopic (exact) mass is 212 g/mol. The molecule has 1 aliphatic carbocycles. The van der Waals surface area contributed by atoms with Crippen molar-refractivity contribution in [2.75, 3.05) is 5.75 Å². The zero-order valence-electron chi connectivity index (χ0n) is 6.90. The molecule has 2 atom stereocenters. The summed E-state index contributed by atoms with van der Waals surface area (Å²) in [7, 11) is -3.29. The smallest absolute Gasteiger partial charge is 0.169 e. The molecule has 0 spiro atoms. The summed E-state index contributed by atoms with van der Waals surface area (Å²) in [5.41, 5.74) is 0. The van der Waals surface area contributed by atoms with E-state index < -0.39 is 20.7 Å². The predicted octanol–water partition coefficient (Wildman–Crippen LogP) is 0.757. The van der Waals surface area contributed by atoms with Crippen LogP contribution in [0.5, 0.6) is 0 Å². The highest BCUT2D eigenvalue weighted by molar-refractivity contribution is 7.93. The SMILES string of the molecule is CCS(=O)(=O)[C@@H](Cl)[C@H](O)C1CC1. The third-order valence-electron chi connectivity index (χ3n) is 2.12. The second-order valence-corrected chi connectivity index (χ2v) is 6.27. The fraction of sp³-hybridized carbons (Fsp3) is 1.00. The Balaban J connectivity index is 2.62. The molecular formula is C7H13ClO3S. The molecule has 0 aromatic rings. The van der Waals surface area contributed by atoms with Crippen molar-refractivity contribution < 1.29 is 13.5 Å². The van der Waals surface area contributed by atoms with Gasteiger partial charge in [0.2, 0.25) is 0 Å². The van der Waals surface area contributed by atoms with Gasteiger partial charge in [-0.25, -0.2) is 8.42 Å². The number of sulfone groups is 1. The van der Waals surface area contributed by atoms with E-state index >= 15 is 0 Å². The molecule has 3 nitrogen and oxygen atoms in total. The third-order valence-corrected chi connectivity index (χ3v) is 4.96. The summed E-state index contributed by atoms with van der Waals surface area (Å²) >= 11 is 5.62. The molecule has 0 heterocycles. The predicted molar refractivity (Wildman–Crippen MR) is 47.8 cm³/mol. The van der Waals surface area contributed by atoms with Gasteiger partial charge in [-0.3, -0.25) is 0 Å². The molecule has 1 fully saturated rings. The molecule has 12 heavy (non-hydrogen) atoms. The van der Waals surface area contributed by atoms with Crippen molar-refractivity contribution in [1.82, 2.24) is 0 Å². The van der Waals surface area contributed by atoms with Crippen LogP contribution in [0.2, 0.25) is 0 Å². The zero-order valence-corrected chi connectivity index (χ0v) is 8.48. The van der Waals surface area contributed by atoms with Gasteiger partial charge in [-0.2, -0.15) is 0 Å². The van der Waals surface area contributed by atoms with E-state index in [1.54, 1.807) is 0 Å². The van der Waals surface area contributed by atoms with E-state index in [1.165, 1.54) is 6.92 Å². The summed E-state index contributed by atoms with van der Waals surface area (Å²) in [6.45, 7) is 1.53. The van der Waals surface area contributed by atoms with Gasteiger partial charge in [-0.1, -0.05) is 6.92 Å². The van der Waals surface area contributed by atoms with Crippen LogP contribution in [0.1, 0.15) is 19.8 Å². The molecule has 0 saturated heterocycles. The average molecular weight is 213 g/mol. The number of rotatable bonds is 4. The number of alkyl halides is 1. The lowest BCUT2D eigenvalue weighted by Gasteiger charge is -2.15. The molecular weight excluding hydrogens is 200 g/mol. The van der Waals surface area contributed by atoms with Crippen molar-refractivity contribution in [3.8, 4) is 0 Å². The van der Waals surface area contributed by atoms with Crippen LogP contribution in [0.15, 0.2) is 0 Å². The fourth-order valence-corrected chi connectivity index (χ4v) is 2.57. The lowest BCUT2D eigenvalue weighted by Crippen LogP contribution is -2.31. The second-order valence-electron chi connectivity index (χ2n) is 3.13. The lowest BCUT2D eigenvalue weighted by molar-refractivity contribution is 0.164. The second kappa shape index (κ2) is 3.52. The number of halogens is 1. The summed E-state index contributed by atoms with van der Waals surface area (Å²) in [6, 6.07) is 0. The Kier molecular flexibility index (Phi) is 3.01. The van der Waals surface area contributed by atoms with Crippen LogP contribution in [0.25, 0.3) is 0 Å². The lowest BCUT2D eigenvalue weighted by atomic mass is 10.3. The van der Waals surface area contributed by atoms with E-state index in [0.29, 0.717) is 0 Å². The van der Waals surface area contributed by atoms with E-state index in [9.17, 15) is 13.5 Å². The molecule has 0 unspecified atom stereocenters. The van der Waals surface area contributed by atoms with Crippen LogP contribution < -0.4 is 0 Å². The van der Waals surface area contributed by atoms with Crippen LogP contribution in [-0.4, -0.2) is 30.1 Å². The summed E-state index contributed by atoms with van der Waals surface area (Å²) in [6.07, 6.45) is 0.907. The quantitative estimate of drug-likeness (QED) is 0.700. The molecule has 0 amide bonds. The minimum atomic E-state index is -3.29. The number of hydrogen-bond donors (Lipinski definition) is 1. The Morgan fingerprint density at radius 3 is 2.42 bits per heavy atom. The highest BCUT2D eigenvalue weighted by Gasteiger charge is 2.39. The molecule has 0 radical (unpaired) electrons. The number of aliphatic hydroxyl groups excluding tert-OH is 1. The first-order valence-electron chi connectivity index (χ1n) is 4.02. The molecule has 0 aliphatic heterocycles. The minimum Gasteiger partial charge on any atom is -0.390 e. The van der Waals surface area contributed by atoms with Crippen LogP contribution >= 0.6 is 11.6 Å². The van der Waals surface area contributed by atoms with Gasteiger partial charge in [0, 0.05) is 5.75 Å². The molecule has 1 aliphatic rings. The van der Waals surface area contributed by atoms with Gasteiger partial charge in [-0.05, 0) is 18.8 Å². The van der Waals surface area contributed by atoms with E-state index in [-0.39, 0.29) is 11.7 Å². The molecule has 0 aromatic carbocycles. The molecule has 0 aromatic heterocycles. The maximum atomic E-state index is 11.2. The maximum Gasteiger partial charge on any atom is 0.169 e. The Hall–Kier alpha value is 0.200. The average Bonchev–Trinajstić information content (AvgIpc) is 2.84. The van der Waals surface area contributed by atoms with Crippen LogP contribution in [0, 0.1) is 5.92 Å². The highest BCUT2D eigenvalue weighted by Crippen LogP contribution is 2.36. The largest absolute Gasteiger partial charge is 0.390 e. The van der Waals surface area contributed by atoms with Crippen LogP contribution in [-0.2, 0) is 9.84 Å². The van der Waals surface area contributed by atoms with Crippen molar-refractivity contribution in [3.63, 3.8) is 0 Å². The highest BCUT2D eigenvalue weighted by atomic mass is 35.5. The third kappa shape index (κ3) is 2.12. The maximum absolute atomic E-state index is 11.2. The number of hydrogen-bond acceptors (Lipinski definition) is 3. The first-order valence-corrected chi connectivity index (χ1v) is 6.18. The van der Waals surface area contributed by atoms with Crippen molar-refractivity contribution >= 4 is 21.4 Å². The van der Waals surface area contributed by atoms with E-state index in [1.807, 2.05) is 0 Å². The number of aliphatic hydroxyl groups is 1. The summed E-state index contributed by atoms with van der Waals surface area (Å²) in [5, 5.41) is 9.41. The molecule has 1 saturated carbocycles. The van der Waals surface area contributed by atoms with Gasteiger partial charge in [0.05, 0.1) is 6.10 Å². The van der Waals surface area contributed by atoms with Gasteiger partial charge in [0.25, 0.3) is 0 Å². The van der Waals surface area contributed by atoms with Gasteiger partial charge >= 0.3 is 0 Å². The van der Waals surface area contributed by atoms with Crippen molar-refractivity contribution in [1.29, 1.82) is 0 Å². The van der Waals surface area contributed by atoms with Gasteiger partial charge < -0.3 is 5.11 Å². The molecule has 0 bridgehead atoms. The standard InChI is InChI=1S/C7H13ClO3S/c1-2-12(10,11)7(8)6(9)5-3-4-5/h5-7,9H,2-4H2,1H3/t6-,7-/m1/s1. The Morgan fingerprint density at radius 2 is 2.08 bits per heavy atom. The molecule has 5 heteroatoms. The summed E-state index contributed by atoms with van der Waals surface area (Å²) < 4.78 is 21.2. The minimum absolute atomic E-state index is 0.00898.